The van der Waals surface area contributed by atoms with E-state index in [4.69, 9.17) is 14.2 Å². The van der Waals surface area contributed by atoms with Crippen LogP contribution in [0.4, 0.5) is 0 Å². The molecule has 6 nitrogen and oxygen atoms in total. The van der Waals surface area contributed by atoms with E-state index in [0.29, 0.717) is 13.2 Å². The van der Waals surface area contributed by atoms with E-state index < -0.39 is 0 Å². The topological polar surface area (TPSA) is 60.0 Å². The third kappa shape index (κ3) is 6.29. The van der Waals surface area contributed by atoms with Crippen molar-refractivity contribution in [2.24, 2.45) is 5.41 Å². The predicted molar refractivity (Wildman–Crippen MR) is 138 cm³/mol. The minimum Gasteiger partial charge on any atom is -0.493 e. The molecule has 35 heavy (non-hydrogen) atoms. The fourth-order valence-electron chi connectivity index (χ4n) is 5.50. The quantitative estimate of drug-likeness (QED) is 0.668. The first kappa shape index (κ1) is 25.4. The van der Waals surface area contributed by atoms with E-state index >= 15 is 0 Å². The molecule has 1 amide bonds. The summed E-state index contributed by atoms with van der Waals surface area (Å²) in [6.07, 6.45) is 7.94. The van der Waals surface area contributed by atoms with Crippen LogP contribution in [0.15, 0.2) is 42.5 Å². The highest BCUT2D eigenvalue weighted by atomic mass is 16.5. The number of hydrogen-bond donors (Lipinski definition) is 1. The molecule has 190 valence electrons. The molecule has 4 rings (SSSR count). The molecule has 2 aromatic carbocycles. The third-order valence-electron chi connectivity index (χ3n) is 7.61. The van der Waals surface area contributed by atoms with Crippen molar-refractivity contribution in [2.45, 2.75) is 57.9 Å². The number of fused-ring (bicyclic) bond motifs is 1. The first-order chi connectivity index (χ1) is 17.1. The van der Waals surface area contributed by atoms with E-state index in [1.54, 1.807) is 14.2 Å². The molecule has 0 aliphatic carbocycles. The van der Waals surface area contributed by atoms with Crippen LogP contribution in [0.5, 0.6) is 17.2 Å². The van der Waals surface area contributed by atoms with Gasteiger partial charge in [-0.3, -0.25) is 9.69 Å². The van der Waals surface area contributed by atoms with E-state index in [1.165, 1.54) is 5.56 Å². The molecule has 1 spiro atoms. The van der Waals surface area contributed by atoms with Gasteiger partial charge in [-0.25, -0.2) is 0 Å². The second-order valence-electron chi connectivity index (χ2n) is 9.84. The van der Waals surface area contributed by atoms with Gasteiger partial charge in [0.1, 0.15) is 5.75 Å². The number of carbonyl (C=O) groups is 1. The van der Waals surface area contributed by atoms with Crippen LogP contribution < -0.4 is 19.5 Å². The molecule has 0 bridgehead atoms. The molecular formula is C29H40N2O4. The molecular weight excluding hydrogens is 440 g/mol. The molecule has 0 saturated carbocycles. The second kappa shape index (κ2) is 12.3. The number of hydrogen-bond acceptors (Lipinski definition) is 5. The number of nitrogens with zero attached hydrogens (tertiary/aromatic N) is 1. The van der Waals surface area contributed by atoms with Gasteiger partial charge in [-0.1, -0.05) is 43.2 Å². The van der Waals surface area contributed by atoms with Crippen LogP contribution in [0.3, 0.4) is 0 Å². The van der Waals surface area contributed by atoms with E-state index in [9.17, 15) is 4.79 Å². The highest BCUT2D eigenvalue weighted by Gasteiger charge is 2.40. The van der Waals surface area contributed by atoms with E-state index in [-0.39, 0.29) is 11.3 Å². The number of methoxy groups -OCH3 is 2. The van der Waals surface area contributed by atoms with Crippen LogP contribution in [0.25, 0.3) is 0 Å². The maximum atomic E-state index is 13.4. The second-order valence-corrected chi connectivity index (χ2v) is 9.84. The number of rotatable bonds is 4. The van der Waals surface area contributed by atoms with Crippen molar-refractivity contribution in [3.63, 3.8) is 0 Å². The Morgan fingerprint density at radius 2 is 1.77 bits per heavy atom. The van der Waals surface area contributed by atoms with Crippen molar-refractivity contribution in [1.82, 2.24) is 10.2 Å². The minimum absolute atomic E-state index is 0.230. The third-order valence-corrected chi connectivity index (χ3v) is 7.61. The van der Waals surface area contributed by atoms with Crippen molar-refractivity contribution in [2.75, 3.05) is 40.5 Å². The van der Waals surface area contributed by atoms with Crippen LogP contribution in [0, 0.1) is 5.41 Å². The Bertz CT molecular complexity index is 969. The Hall–Kier alpha value is -2.73. The molecule has 1 saturated heterocycles. The van der Waals surface area contributed by atoms with Crippen molar-refractivity contribution >= 4 is 5.91 Å². The zero-order valence-electron chi connectivity index (χ0n) is 21.3. The summed E-state index contributed by atoms with van der Waals surface area (Å²) in [6, 6.07) is 14.4. The van der Waals surface area contributed by atoms with Crippen LogP contribution in [0.2, 0.25) is 0 Å². The number of carbonyl (C=O) groups excluding carboxylic acids is 1. The van der Waals surface area contributed by atoms with Gasteiger partial charge in [0.05, 0.1) is 26.2 Å². The Morgan fingerprint density at radius 3 is 2.57 bits per heavy atom. The minimum atomic E-state index is -0.266. The molecule has 2 aromatic rings. The molecule has 1 N–H and O–H groups in total. The van der Waals surface area contributed by atoms with Crippen molar-refractivity contribution in [3.05, 3.63) is 53.6 Å². The standard InChI is InChI=1S/C29H40N2O4/c1-33-26-14-8-12-24(27(26)34-2)22-31-19-16-29(17-20-31)15-7-3-4-10-23-11-5-6-13-25(23)35-21-9-18-30-28(29)32/h5-6,8,11-14H,3-4,7,9-10,15-22H2,1-2H3,(H,30,32). The molecule has 0 atom stereocenters. The number of nitrogens with one attached hydrogen (secondary N) is 1. The fourth-order valence-corrected chi connectivity index (χ4v) is 5.50. The van der Waals surface area contributed by atoms with Crippen LogP contribution >= 0.6 is 0 Å². The highest BCUT2D eigenvalue weighted by Crippen LogP contribution is 2.39. The lowest BCUT2D eigenvalue weighted by Gasteiger charge is -2.41. The maximum absolute atomic E-state index is 13.4. The number of benzene rings is 2. The highest BCUT2D eigenvalue weighted by molar-refractivity contribution is 5.82. The van der Waals surface area contributed by atoms with Crippen LogP contribution in [-0.4, -0.2) is 51.3 Å². The average molecular weight is 481 g/mol. The van der Waals surface area contributed by atoms with Crippen molar-refractivity contribution in [1.29, 1.82) is 0 Å². The van der Waals surface area contributed by atoms with Crippen molar-refractivity contribution < 1.29 is 19.0 Å². The smallest absolute Gasteiger partial charge is 0.226 e. The summed E-state index contributed by atoms with van der Waals surface area (Å²) in [5.41, 5.74) is 2.15. The number of amides is 1. The van der Waals surface area contributed by atoms with Gasteiger partial charge in [-0.2, -0.15) is 0 Å². The van der Waals surface area contributed by atoms with E-state index in [2.05, 4.69) is 34.5 Å². The average Bonchev–Trinajstić information content (AvgIpc) is 2.89. The van der Waals surface area contributed by atoms with Crippen molar-refractivity contribution in [3.8, 4) is 17.2 Å². The molecule has 2 aliphatic rings. The first-order valence-corrected chi connectivity index (χ1v) is 13.1. The monoisotopic (exact) mass is 480 g/mol. The number of para-hydroxylation sites is 2. The summed E-state index contributed by atoms with van der Waals surface area (Å²) in [4.78, 5) is 15.8. The van der Waals surface area contributed by atoms with Crippen LogP contribution in [0.1, 0.15) is 56.1 Å². The summed E-state index contributed by atoms with van der Waals surface area (Å²) < 4.78 is 17.1. The fraction of sp³-hybridized carbons (Fsp3) is 0.552. The van der Waals surface area contributed by atoms with Gasteiger partial charge >= 0.3 is 0 Å². The molecule has 0 aromatic heterocycles. The maximum Gasteiger partial charge on any atom is 0.226 e. The lowest BCUT2D eigenvalue weighted by molar-refractivity contribution is -0.134. The Labute approximate surface area is 209 Å². The van der Waals surface area contributed by atoms with Crippen LogP contribution in [-0.2, 0) is 17.8 Å². The van der Waals surface area contributed by atoms with Gasteiger partial charge in [0.2, 0.25) is 5.91 Å². The summed E-state index contributed by atoms with van der Waals surface area (Å²) in [7, 11) is 3.36. The number of ether oxygens (including phenoxy) is 3. The lowest BCUT2D eigenvalue weighted by atomic mass is 9.73. The van der Waals surface area contributed by atoms with Gasteiger partial charge in [0.25, 0.3) is 0 Å². The molecule has 1 fully saturated rings. The number of piperidine rings is 1. The zero-order chi connectivity index (χ0) is 24.5. The summed E-state index contributed by atoms with van der Waals surface area (Å²) >= 11 is 0. The van der Waals surface area contributed by atoms with Gasteiger partial charge in [-0.15, -0.1) is 0 Å². The zero-order valence-corrected chi connectivity index (χ0v) is 21.3. The molecule has 2 aliphatic heterocycles. The Kier molecular flexibility index (Phi) is 8.91. The normalized spacial score (nSPS) is 19.7. The largest absolute Gasteiger partial charge is 0.493 e. The molecule has 0 unspecified atom stereocenters. The molecule has 0 radical (unpaired) electrons. The number of aryl methyl sites for hydroxylation is 1. The lowest BCUT2D eigenvalue weighted by Crippen LogP contribution is -2.49. The summed E-state index contributed by atoms with van der Waals surface area (Å²) in [5.74, 6) is 2.78. The van der Waals surface area contributed by atoms with Gasteiger partial charge in [0.15, 0.2) is 11.5 Å². The Balaban J connectivity index is 1.38. The molecule has 6 heteroatoms. The number of likely N-dealkylation sites (tertiary alicyclic amines) is 1. The molecule has 2 heterocycles. The Morgan fingerprint density at radius 1 is 0.943 bits per heavy atom. The van der Waals surface area contributed by atoms with Gasteiger partial charge < -0.3 is 19.5 Å². The van der Waals surface area contributed by atoms with E-state index in [1.807, 2.05) is 18.2 Å². The first-order valence-electron chi connectivity index (χ1n) is 13.1. The van der Waals surface area contributed by atoms with E-state index in [0.717, 1.165) is 93.8 Å². The van der Waals surface area contributed by atoms with Gasteiger partial charge in [0, 0.05) is 18.7 Å². The summed E-state index contributed by atoms with van der Waals surface area (Å²) in [5, 5.41) is 3.24. The SMILES string of the molecule is COc1cccc(CN2CCC3(CCCCCc4ccccc4OCCCNC3=O)CC2)c1OC. The summed E-state index contributed by atoms with van der Waals surface area (Å²) in [6.45, 7) is 3.90. The van der Waals surface area contributed by atoms with Gasteiger partial charge in [-0.05, 0) is 69.3 Å². The predicted octanol–water partition coefficient (Wildman–Crippen LogP) is 4.99.